The molecule has 0 amide bonds. The zero-order valence-corrected chi connectivity index (χ0v) is 10.8. The SMILES string of the molecule is Cc1c(Br)c(C2(N=C=O)CC2)cc2c1OCO2. The molecule has 2 aliphatic rings. The van der Waals surface area contributed by atoms with Crippen molar-refractivity contribution in [1.29, 1.82) is 0 Å². The van der Waals surface area contributed by atoms with Crippen LogP contribution < -0.4 is 9.47 Å². The molecule has 0 atom stereocenters. The molecular weight excluding hydrogens is 286 g/mol. The average Bonchev–Trinajstić information content (AvgIpc) is 2.92. The number of aliphatic imine (C=N–C) groups is 1. The van der Waals surface area contributed by atoms with Gasteiger partial charge in [0, 0.05) is 10.0 Å². The maximum Gasteiger partial charge on any atom is 0.235 e. The number of benzene rings is 1. The Labute approximate surface area is 107 Å². The number of halogens is 1. The Hall–Kier alpha value is -1.32. The molecule has 0 unspecified atom stereocenters. The third-order valence-corrected chi connectivity index (χ3v) is 4.33. The molecule has 5 heteroatoms. The number of nitrogens with zero attached hydrogens (tertiary/aromatic N) is 1. The molecule has 1 fully saturated rings. The van der Waals surface area contributed by atoms with Crippen LogP contribution in [0.15, 0.2) is 15.5 Å². The van der Waals surface area contributed by atoms with Gasteiger partial charge in [-0.15, -0.1) is 0 Å². The van der Waals surface area contributed by atoms with Gasteiger partial charge >= 0.3 is 0 Å². The van der Waals surface area contributed by atoms with E-state index in [1.807, 2.05) is 13.0 Å². The van der Waals surface area contributed by atoms with Crippen LogP contribution in [0, 0.1) is 6.92 Å². The third-order valence-electron chi connectivity index (χ3n) is 3.31. The number of hydrogen-bond donors (Lipinski definition) is 0. The van der Waals surface area contributed by atoms with Crippen LogP contribution in [0.3, 0.4) is 0 Å². The fourth-order valence-electron chi connectivity index (χ4n) is 2.17. The Balaban J connectivity index is 2.19. The number of rotatable bonds is 2. The standard InChI is InChI=1S/C12H10BrNO3/c1-7-10(13)8(12(2-3-12)14-5-15)4-9-11(7)17-6-16-9/h4H,2-3,6H2,1H3. The van der Waals surface area contributed by atoms with Crippen LogP contribution in [0.25, 0.3) is 0 Å². The minimum atomic E-state index is -0.397. The van der Waals surface area contributed by atoms with Crippen LogP contribution in [0.1, 0.15) is 24.0 Å². The fraction of sp³-hybridized carbons (Fsp3) is 0.417. The molecule has 0 spiro atoms. The molecule has 0 aromatic heterocycles. The second-order valence-corrected chi connectivity index (χ2v) is 5.12. The second kappa shape index (κ2) is 3.59. The van der Waals surface area contributed by atoms with Gasteiger partial charge in [0.2, 0.25) is 12.9 Å². The van der Waals surface area contributed by atoms with Crippen LogP contribution in [0.5, 0.6) is 11.5 Å². The van der Waals surface area contributed by atoms with E-state index in [0.717, 1.165) is 39.9 Å². The van der Waals surface area contributed by atoms with E-state index in [2.05, 4.69) is 20.9 Å². The molecule has 0 bridgehead atoms. The summed E-state index contributed by atoms with van der Waals surface area (Å²) in [6, 6.07) is 1.91. The van der Waals surface area contributed by atoms with Gasteiger partial charge in [0.1, 0.15) is 0 Å². The van der Waals surface area contributed by atoms with Crippen molar-refractivity contribution in [1.82, 2.24) is 0 Å². The number of fused-ring (bicyclic) bond motifs is 1. The highest BCUT2D eigenvalue weighted by molar-refractivity contribution is 9.10. The zero-order valence-electron chi connectivity index (χ0n) is 9.25. The molecule has 17 heavy (non-hydrogen) atoms. The molecule has 4 nitrogen and oxygen atoms in total. The molecule has 1 heterocycles. The molecule has 0 saturated heterocycles. The number of carbonyl (C=O) groups excluding carboxylic acids is 1. The maximum atomic E-state index is 10.5. The Bertz CT molecular complexity index is 545. The van der Waals surface area contributed by atoms with E-state index in [0.29, 0.717) is 0 Å². The molecule has 0 N–H and O–H groups in total. The Morgan fingerprint density at radius 2 is 2.24 bits per heavy atom. The largest absolute Gasteiger partial charge is 0.454 e. The van der Waals surface area contributed by atoms with Crippen LogP contribution in [0.2, 0.25) is 0 Å². The lowest BCUT2D eigenvalue weighted by molar-refractivity contribution is 0.173. The van der Waals surface area contributed by atoms with Gasteiger partial charge in [0.15, 0.2) is 11.5 Å². The molecular formula is C12H10BrNO3. The van der Waals surface area contributed by atoms with Crippen LogP contribution >= 0.6 is 15.9 Å². The van der Waals surface area contributed by atoms with Crippen molar-refractivity contribution in [2.24, 2.45) is 4.99 Å². The normalized spacial score (nSPS) is 18.7. The highest BCUT2D eigenvalue weighted by Crippen LogP contribution is 2.55. The minimum Gasteiger partial charge on any atom is -0.454 e. The van der Waals surface area contributed by atoms with Crippen LogP contribution in [-0.4, -0.2) is 12.9 Å². The van der Waals surface area contributed by atoms with Crippen molar-refractivity contribution < 1.29 is 14.3 Å². The smallest absolute Gasteiger partial charge is 0.235 e. The number of ether oxygens (including phenoxy) is 2. The van der Waals surface area contributed by atoms with E-state index >= 15 is 0 Å². The van der Waals surface area contributed by atoms with Gasteiger partial charge in [0.05, 0.1) is 5.54 Å². The second-order valence-electron chi connectivity index (χ2n) is 4.33. The molecule has 88 valence electrons. The van der Waals surface area contributed by atoms with Gasteiger partial charge in [-0.1, -0.05) is 15.9 Å². The number of hydrogen-bond acceptors (Lipinski definition) is 4. The summed E-state index contributed by atoms with van der Waals surface area (Å²) in [7, 11) is 0. The lowest BCUT2D eigenvalue weighted by Crippen LogP contribution is -2.04. The van der Waals surface area contributed by atoms with Crippen molar-refractivity contribution in [3.05, 3.63) is 21.7 Å². The van der Waals surface area contributed by atoms with Gasteiger partial charge < -0.3 is 9.47 Å². The lowest BCUT2D eigenvalue weighted by Gasteiger charge is -2.14. The predicted molar refractivity (Wildman–Crippen MR) is 64.0 cm³/mol. The first-order valence-electron chi connectivity index (χ1n) is 5.36. The van der Waals surface area contributed by atoms with E-state index in [-0.39, 0.29) is 6.79 Å². The Kier molecular flexibility index (Phi) is 2.28. The van der Waals surface area contributed by atoms with Gasteiger partial charge in [-0.3, -0.25) is 0 Å². The van der Waals surface area contributed by atoms with E-state index < -0.39 is 5.54 Å². The van der Waals surface area contributed by atoms with E-state index in [9.17, 15) is 4.79 Å². The zero-order chi connectivity index (χ0) is 12.0. The lowest BCUT2D eigenvalue weighted by atomic mass is 10.0. The first kappa shape index (κ1) is 10.8. The van der Waals surface area contributed by atoms with Gasteiger partial charge in [-0.05, 0) is 31.4 Å². The molecule has 1 aromatic rings. The summed E-state index contributed by atoms with van der Waals surface area (Å²) in [5, 5.41) is 0. The summed E-state index contributed by atoms with van der Waals surface area (Å²) in [5.74, 6) is 1.50. The average molecular weight is 296 g/mol. The summed E-state index contributed by atoms with van der Waals surface area (Å²) >= 11 is 3.55. The van der Waals surface area contributed by atoms with E-state index in [1.165, 1.54) is 0 Å². The van der Waals surface area contributed by atoms with Gasteiger partial charge in [0.25, 0.3) is 0 Å². The van der Waals surface area contributed by atoms with E-state index in [4.69, 9.17) is 9.47 Å². The Morgan fingerprint density at radius 1 is 1.47 bits per heavy atom. The molecule has 1 aliphatic heterocycles. The summed E-state index contributed by atoms with van der Waals surface area (Å²) in [6.45, 7) is 2.21. The van der Waals surface area contributed by atoms with Crippen molar-refractivity contribution in [2.75, 3.05) is 6.79 Å². The summed E-state index contributed by atoms with van der Waals surface area (Å²) in [4.78, 5) is 14.4. The molecule has 1 aliphatic carbocycles. The summed E-state index contributed by atoms with van der Waals surface area (Å²) in [5.41, 5.74) is 1.58. The van der Waals surface area contributed by atoms with Crippen LogP contribution in [-0.2, 0) is 10.3 Å². The van der Waals surface area contributed by atoms with Gasteiger partial charge in [-0.25, -0.2) is 4.79 Å². The highest BCUT2D eigenvalue weighted by Gasteiger charge is 2.47. The molecule has 1 aromatic carbocycles. The van der Waals surface area contributed by atoms with Crippen molar-refractivity contribution >= 4 is 22.0 Å². The van der Waals surface area contributed by atoms with Crippen molar-refractivity contribution in [3.63, 3.8) is 0 Å². The topological polar surface area (TPSA) is 47.9 Å². The summed E-state index contributed by atoms with van der Waals surface area (Å²) < 4.78 is 11.7. The third kappa shape index (κ3) is 1.50. The van der Waals surface area contributed by atoms with Crippen LogP contribution in [0.4, 0.5) is 0 Å². The maximum absolute atomic E-state index is 10.5. The van der Waals surface area contributed by atoms with E-state index in [1.54, 1.807) is 6.08 Å². The first-order valence-corrected chi connectivity index (χ1v) is 6.15. The minimum absolute atomic E-state index is 0.246. The van der Waals surface area contributed by atoms with Crippen molar-refractivity contribution in [2.45, 2.75) is 25.3 Å². The monoisotopic (exact) mass is 295 g/mol. The van der Waals surface area contributed by atoms with Crippen molar-refractivity contribution in [3.8, 4) is 11.5 Å². The molecule has 3 rings (SSSR count). The Morgan fingerprint density at radius 3 is 2.88 bits per heavy atom. The first-order chi connectivity index (χ1) is 8.18. The fourth-order valence-corrected chi connectivity index (χ4v) is 2.83. The number of isocyanates is 1. The summed E-state index contributed by atoms with van der Waals surface area (Å²) in [6.07, 6.45) is 3.42. The molecule has 0 radical (unpaired) electrons. The quantitative estimate of drug-likeness (QED) is 0.623. The predicted octanol–water partition coefficient (Wildman–Crippen LogP) is 2.81. The molecule has 1 saturated carbocycles. The van der Waals surface area contributed by atoms with Gasteiger partial charge in [-0.2, -0.15) is 4.99 Å². The highest BCUT2D eigenvalue weighted by atomic mass is 79.9.